The Balaban J connectivity index is 2.21. The Labute approximate surface area is 111 Å². The molecule has 1 aromatic carbocycles. The number of hydrogen-bond donors (Lipinski definition) is 0. The Morgan fingerprint density at radius 2 is 2.06 bits per heavy atom. The first-order chi connectivity index (χ1) is 8.66. The fourth-order valence-electron chi connectivity index (χ4n) is 2.70. The summed E-state index contributed by atoms with van der Waals surface area (Å²) in [5, 5.41) is 0.719. The molecule has 2 nitrogen and oxygen atoms in total. The number of carbonyl (C=O) groups is 1. The first-order valence-corrected chi connectivity index (χ1v) is 6.55. The van der Waals surface area contributed by atoms with E-state index in [4.69, 9.17) is 11.6 Å². The summed E-state index contributed by atoms with van der Waals surface area (Å²) >= 11 is 6.05. The average Bonchev–Trinajstić information content (AvgIpc) is 2.67. The minimum atomic E-state index is 0.264. The van der Waals surface area contributed by atoms with Gasteiger partial charge >= 0.3 is 0 Å². The molecular weight excluding hydrogens is 246 g/mol. The Bertz CT molecular complexity index is 627. The fourth-order valence-corrected chi connectivity index (χ4v) is 2.89. The maximum Gasteiger partial charge on any atom is 0.164 e. The van der Waals surface area contributed by atoms with Crippen LogP contribution in [0.25, 0.3) is 5.69 Å². The predicted molar refractivity (Wildman–Crippen MR) is 72.8 cm³/mol. The number of nitrogens with zero attached hydrogens (tertiary/aromatic N) is 1. The second kappa shape index (κ2) is 4.29. The first kappa shape index (κ1) is 11.5. The second-order valence-corrected chi connectivity index (χ2v) is 5.17. The number of Topliss-reactive ketones (excluding diaryl/α,β-unsaturated/α-hetero) is 1. The van der Waals surface area contributed by atoms with Gasteiger partial charge in [-0.15, -0.1) is 0 Å². The summed E-state index contributed by atoms with van der Waals surface area (Å²) in [6, 6.07) is 9.76. The highest BCUT2D eigenvalue weighted by atomic mass is 35.5. The lowest BCUT2D eigenvalue weighted by Gasteiger charge is -2.16. The summed E-state index contributed by atoms with van der Waals surface area (Å²) in [4.78, 5) is 11.9. The van der Waals surface area contributed by atoms with Crippen LogP contribution in [-0.4, -0.2) is 10.4 Å². The van der Waals surface area contributed by atoms with E-state index >= 15 is 0 Å². The summed E-state index contributed by atoms with van der Waals surface area (Å²) < 4.78 is 2.15. The van der Waals surface area contributed by atoms with Gasteiger partial charge in [-0.1, -0.05) is 17.7 Å². The van der Waals surface area contributed by atoms with Crippen molar-refractivity contribution in [3.63, 3.8) is 0 Å². The standard InChI is InChI=1S/C15H14ClNO/c1-10-8-13-14(6-3-7-15(13)18)17(10)12-5-2-4-11(16)9-12/h2,4-5,8-9H,3,6-7H2,1H3. The summed E-state index contributed by atoms with van der Waals surface area (Å²) in [7, 11) is 0. The molecule has 3 rings (SSSR count). The van der Waals surface area contributed by atoms with E-state index in [9.17, 15) is 4.79 Å². The maximum absolute atomic E-state index is 11.9. The van der Waals surface area contributed by atoms with Crippen molar-refractivity contribution in [1.82, 2.24) is 4.57 Å². The Morgan fingerprint density at radius 1 is 1.22 bits per heavy atom. The van der Waals surface area contributed by atoms with Gasteiger partial charge in [0, 0.05) is 34.1 Å². The van der Waals surface area contributed by atoms with Crippen molar-refractivity contribution in [3.8, 4) is 5.69 Å². The van der Waals surface area contributed by atoms with Crippen LogP contribution in [0.4, 0.5) is 0 Å². The van der Waals surface area contributed by atoms with Gasteiger partial charge in [0.05, 0.1) is 0 Å². The molecule has 1 aliphatic rings. The van der Waals surface area contributed by atoms with Gasteiger partial charge in [0.2, 0.25) is 0 Å². The van der Waals surface area contributed by atoms with E-state index < -0.39 is 0 Å². The van der Waals surface area contributed by atoms with Crippen LogP contribution in [0.5, 0.6) is 0 Å². The van der Waals surface area contributed by atoms with Crippen LogP contribution in [0.2, 0.25) is 5.02 Å². The minimum absolute atomic E-state index is 0.264. The van der Waals surface area contributed by atoms with Crippen LogP contribution in [0.3, 0.4) is 0 Å². The molecule has 0 N–H and O–H groups in total. The smallest absolute Gasteiger partial charge is 0.164 e. The third-order valence-electron chi connectivity index (χ3n) is 3.47. The van der Waals surface area contributed by atoms with Crippen molar-refractivity contribution < 1.29 is 4.79 Å². The quantitative estimate of drug-likeness (QED) is 0.760. The van der Waals surface area contributed by atoms with Gasteiger partial charge in [-0.2, -0.15) is 0 Å². The monoisotopic (exact) mass is 259 g/mol. The summed E-state index contributed by atoms with van der Waals surface area (Å²) in [6.45, 7) is 2.03. The zero-order chi connectivity index (χ0) is 12.7. The van der Waals surface area contributed by atoms with Gasteiger partial charge in [0.25, 0.3) is 0 Å². The molecular formula is C15H14ClNO. The van der Waals surface area contributed by atoms with E-state index in [0.717, 1.165) is 40.5 Å². The van der Waals surface area contributed by atoms with Crippen LogP contribution < -0.4 is 0 Å². The van der Waals surface area contributed by atoms with Gasteiger partial charge < -0.3 is 4.57 Å². The third kappa shape index (κ3) is 1.77. The first-order valence-electron chi connectivity index (χ1n) is 6.17. The average molecular weight is 260 g/mol. The number of rotatable bonds is 1. The molecule has 0 fully saturated rings. The number of hydrogen-bond acceptors (Lipinski definition) is 1. The maximum atomic E-state index is 11.9. The van der Waals surface area contributed by atoms with Crippen LogP contribution >= 0.6 is 11.6 Å². The number of fused-ring (bicyclic) bond motifs is 1. The predicted octanol–water partition coefficient (Wildman–Crippen LogP) is 3.96. The lowest BCUT2D eigenvalue weighted by molar-refractivity contribution is 0.0972. The molecule has 0 aliphatic heterocycles. The zero-order valence-electron chi connectivity index (χ0n) is 10.2. The number of aromatic nitrogens is 1. The Morgan fingerprint density at radius 3 is 2.83 bits per heavy atom. The van der Waals surface area contributed by atoms with E-state index in [1.165, 1.54) is 0 Å². The van der Waals surface area contributed by atoms with Crippen molar-refractivity contribution in [1.29, 1.82) is 0 Å². The molecule has 0 atom stereocenters. The highest BCUT2D eigenvalue weighted by molar-refractivity contribution is 6.30. The number of benzene rings is 1. The molecule has 0 amide bonds. The van der Waals surface area contributed by atoms with E-state index in [2.05, 4.69) is 4.57 Å². The van der Waals surface area contributed by atoms with Crippen molar-refractivity contribution >= 4 is 17.4 Å². The number of ketones is 1. The molecule has 0 spiro atoms. The highest BCUT2D eigenvalue weighted by Gasteiger charge is 2.23. The van der Waals surface area contributed by atoms with E-state index in [0.29, 0.717) is 6.42 Å². The molecule has 92 valence electrons. The number of carbonyl (C=O) groups excluding carboxylic acids is 1. The van der Waals surface area contributed by atoms with Crippen molar-refractivity contribution in [2.45, 2.75) is 26.2 Å². The molecule has 0 bridgehead atoms. The molecule has 1 heterocycles. The molecule has 18 heavy (non-hydrogen) atoms. The molecule has 3 heteroatoms. The van der Waals surface area contributed by atoms with Crippen molar-refractivity contribution in [3.05, 3.63) is 52.3 Å². The van der Waals surface area contributed by atoms with Crippen LogP contribution in [0, 0.1) is 6.92 Å². The molecule has 0 saturated carbocycles. The second-order valence-electron chi connectivity index (χ2n) is 4.74. The number of halogens is 1. The molecule has 2 aromatic rings. The molecule has 0 saturated heterocycles. The highest BCUT2D eigenvalue weighted by Crippen LogP contribution is 2.28. The van der Waals surface area contributed by atoms with Gasteiger partial charge in [-0.25, -0.2) is 0 Å². The molecule has 0 unspecified atom stereocenters. The largest absolute Gasteiger partial charge is 0.317 e. The molecule has 1 aromatic heterocycles. The van der Waals surface area contributed by atoms with Gasteiger partial charge in [0.15, 0.2) is 5.78 Å². The lowest BCUT2D eigenvalue weighted by atomic mass is 9.96. The van der Waals surface area contributed by atoms with E-state index in [1.807, 2.05) is 37.3 Å². The minimum Gasteiger partial charge on any atom is -0.317 e. The van der Waals surface area contributed by atoms with Crippen LogP contribution in [-0.2, 0) is 6.42 Å². The summed E-state index contributed by atoms with van der Waals surface area (Å²) in [5.74, 6) is 0.264. The van der Waals surface area contributed by atoms with E-state index in [1.54, 1.807) is 0 Å². The van der Waals surface area contributed by atoms with E-state index in [-0.39, 0.29) is 5.78 Å². The fraction of sp³-hybridized carbons (Fsp3) is 0.267. The van der Waals surface area contributed by atoms with Gasteiger partial charge in [-0.3, -0.25) is 4.79 Å². The van der Waals surface area contributed by atoms with Gasteiger partial charge in [0.1, 0.15) is 0 Å². The topological polar surface area (TPSA) is 22.0 Å². The van der Waals surface area contributed by atoms with Crippen LogP contribution in [0.1, 0.15) is 34.6 Å². The zero-order valence-corrected chi connectivity index (χ0v) is 11.0. The Kier molecular flexibility index (Phi) is 2.75. The van der Waals surface area contributed by atoms with Gasteiger partial charge in [-0.05, 0) is 44.0 Å². The number of aryl methyl sites for hydroxylation is 1. The SMILES string of the molecule is Cc1cc2c(n1-c1cccc(Cl)c1)CCCC2=O. The lowest BCUT2D eigenvalue weighted by Crippen LogP contribution is -2.12. The van der Waals surface area contributed by atoms with Crippen molar-refractivity contribution in [2.75, 3.05) is 0 Å². The van der Waals surface area contributed by atoms with Crippen molar-refractivity contribution in [2.24, 2.45) is 0 Å². The summed E-state index contributed by atoms with van der Waals surface area (Å²) in [5.41, 5.74) is 4.15. The molecule has 0 radical (unpaired) electrons. The Hall–Kier alpha value is -1.54. The normalized spacial score (nSPS) is 14.7. The third-order valence-corrected chi connectivity index (χ3v) is 3.71. The molecule has 1 aliphatic carbocycles. The van der Waals surface area contributed by atoms with Crippen LogP contribution in [0.15, 0.2) is 30.3 Å². The summed E-state index contributed by atoms with van der Waals surface area (Å²) in [6.07, 6.45) is 2.57.